The Morgan fingerprint density at radius 1 is 1.04 bits per heavy atom. The molecule has 0 aliphatic heterocycles. The second kappa shape index (κ2) is 8.48. The summed E-state index contributed by atoms with van der Waals surface area (Å²) in [6.45, 7) is 5.89. The zero-order valence-electron chi connectivity index (χ0n) is 13.6. The van der Waals surface area contributed by atoms with Gasteiger partial charge >= 0.3 is 0 Å². The molecular formula is C20H20N2O2. The molecule has 2 amide bonds. The van der Waals surface area contributed by atoms with E-state index in [0.717, 1.165) is 11.1 Å². The lowest BCUT2D eigenvalue weighted by Crippen LogP contribution is -2.34. The zero-order chi connectivity index (χ0) is 17.4. The van der Waals surface area contributed by atoms with Crippen LogP contribution in [0.4, 0.5) is 0 Å². The van der Waals surface area contributed by atoms with Crippen molar-refractivity contribution in [3.8, 4) is 0 Å². The predicted molar refractivity (Wildman–Crippen MR) is 96.3 cm³/mol. The summed E-state index contributed by atoms with van der Waals surface area (Å²) in [6, 6.07) is 16.5. The van der Waals surface area contributed by atoms with Gasteiger partial charge < -0.3 is 10.6 Å². The fourth-order valence-electron chi connectivity index (χ4n) is 2.03. The van der Waals surface area contributed by atoms with E-state index in [1.807, 2.05) is 37.3 Å². The van der Waals surface area contributed by atoms with Crippen LogP contribution in [-0.4, -0.2) is 18.4 Å². The molecule has 2 rings (SSSR count). The first-order valence-corrected chi connectivity index (χ1v) is 7.64. The van der Waals surface area contributed by atoms with E-state index in [2.05, 4.69) is 17.2 Å². The van der Waals surface area contributed by atoms with Crippen molar-refractivity contribution in [1.29, 1.82) is 0 Å². The lowest BCUT2D eigenvalue weighted by atomic mass is 10.1. The van der Waals surface area contributed by atoms with Crippen molar-refractivity contribution in [2.45, 2.75) is 6.92 Å². The molecular weight excluding hydrogens is 300 g/mol. The molecule has 2 aromatic rings. The smallest absolute Gasteiger partial charge is 0.268 e. The molecule has 0 aromatic heterocycles. The summed E-state index contributed by atoms with van der Waals surface area (Å²) in [4.78, 5) is 24.6. The van der Waals surface area contributed by atoms with E-state index in [1.165, 1.54) is 0 Å². The Kier molecular flexibility index (Phi) is 6.08. The first-order valence-electron chi connectivity index (χ1n) is 7.64. The van der Waals surface area contributed by atoms with Crippen LogP contribution < -0.4 is 10.6 Å². The Morgan fingerprint density at radius 2 is 1.71 bits per heavy atom. The van der Waals surface area contributed by atoms with Gasteiger partial charge in [0.1, 0.15) is 5.70 Å². The van der Waals surface area contributed by atoms with Crippen LogP contribution >= 0.6 is 0 Å². The summed E-state index contributed by atoms with van der Waals surface area (Å²) < 4.78 is 0. The fourth-order valence-corrected chi connectivity index (χ4v) is 2.03. The molecule has 0 saturated heterocycles. The van der Waals surface area contributed by atoms with Crippen LogP contribution in [0, 0.1) is 6.92 Å². The maximum absolute atomic E-state index is 12.3. The van der Waals surface area contributed by atoms with E-state index in [0.29, 0.717) is 12.1 Å². The number of rotatable bonds is 6. The monoisotopic (exact) mass is 320 g/mol. The van der Waals surface area contributed by atoms with Gasteiger partial charge in [0.2, 0.25) is 0 Å². The second-order valence-corrected chi connectivity index (χ2v) is 5.29. The van der Waals surface area contributed by atoms with E-state index in [4.69, 9.17) is 0 Å². The first-order chi connectivity index (χ1) is 11.6. The van der Waals surface area contributed by atoms with Gasteiger partial charge in [0.25, 0.3) is 11.8 Å². The van der Waals surface area contributed by atoms with Crippen molar-refractivity contribution in [1.82, 2.24) is 10.6 Å². The normalized spacial score (nSPS) is 10.8. The highest BCUT2D eigenvalue weighted by Crippen LogP contribution is 2.09. The lowest BCUT2D eigenvalue weighted by Gasteiger charge is -2.10. The number of benzene rings is 2. The number of aryl methyl sites for hydroxylation is 1. The van der Waals surface area contributed by atoms with Gasteiger partial charge in [-0.3, -0.25) is 9.59 Å². The zero-order valence-corrected chi connectivity index (χ0v) is 13.6. The highest BCUT2D eigenvalue weighted by molar-refractivity contribution is 6.05. The average Bonchev–Trinajstić information content (AvgIpc) is 2.61. The summed E-state index contributed by atoms with van der Waals surface area (Å²) in [5.41, 5.74) is 2.63. The van der Waals surface area contributed by atoms with Gasteiger partial charge in [-0.05, 0) is 30.7 Å². The molecule has 0 heterocycles. The van der Waals surface area contributed by atoms with Crippen LogP contribution in [0.25, 0.3) is 6.08 Å². The Morgan fingerprint density at radius 3 is 2.33 bits per heavy atom. The molecule has 0 saturated carbocycles. The molecule has 0 spiro atoms. The molecule has 2 aromatic carbocycles. The third kappa shape index (κ3) is 4.95. The van der Waals surface area contributed by atoms with Gasteiger partial charge in [-0.1, -0.05) is 54.1 Å². The van der Waals surface area contributed by atoms with Crippen LogP contribution in [0.5, 0.6) is 0 Å². The molecule has 122 valence electrons. The molecule has 4 nitrogen and oxygen atoms in total. The minimum absolute atomic E-state index is 0.189. The van der Waals surface area contributed by atoms with Gasteiger partial charge in [0.05, 0.1) is 0 Å². The molecule has 4 heteroatoms. The Balaban J connectivity index is 2.25. The largest absolute Gasteiger partial charge is 0.347 e. The Hall–Kier alpha value is -3.14. The first kappa shape index (κ1) is 17.2. The molecule has 24 heavy (non-hydrogen) atoms. The third-order valence-corrected chi connectivity index (χ3v) is 3.32. The summed E-state index contributed by atoms with van der Waals surface area (Å²) in [5.74, 6) is -0.692. The van der Waals surface area contributed by atoms with Crippen LogP contribution in [0.1, 0.15) is 21.5 Å². The highest BCUT2D eigenvalue weighted by atomic mass is 16.2. The molecule has 0 unspecified atom stereocenters. The number of carbonyl (C=O) groups excluding carboxylic acids is 2. The van der Waals surface area contributed by atoms with E-state index < -0.39 is 0 Å². The average molecular weight is 320 g/mol. The maximum Gasteiger partial charge on any atom is 0.268 e. The molecule has 0 fully saturated rings. The van der Waals surface area contributed by atoms with Gasteiger partial charge in [-0.25, -0.2) is 0 Å². The summed E-state index contributed by atoms with van der Waals surface area (Å²) >= 11 is 0. The number of carbonyl (C=O) groups is 2. The van der Waals surface area contributed by atoms with Gasteiger partial charge in [0, 0.05) is 12.1 Å². The van der Waals surface area contributed by atoms with E-state index in [-0.39, 0.29) is 17.5 Å². The van der Waals surface area contributed by atoms with Crippen LogP contribution in [-0.2, 0) is 4.79 Å². The Bertz CT molecular complexity index is 747. The SMILES string of the molecule is C=CCNC(=O)/C(=C/c1ccc(C)cc1)NC(=O)c1ccccc1. The lowest BCUT2D eigenvalue weighted by molar-refractivity contribution is -0.117. The third-order valence-electron chi connectivity index (χ3n) is 3.32. The van der Waals surface area contributed by atoms with E-state index >= 15 is 0 Å². The summed E-state index contributed by atoms with van der Waals surface area (Å²) in [7, 11) is 0. The second-order valence-electron chi connectivity index (χ2n) is 5.29. The van der Waals surface area contributed by atoms with Crippen molar-refractivity contribution < 1.29 is 9.59 Å². The quantitative estimate of drug-likeness (QED) is 0.635. The number of amides is 2. The van der Waals surface area contributed by atoms with Gasteiger partial charge in [-0.15, -0.1) is 6.58 Å². The Labute approximate surface area is 141 Å². The number of nitrogens with one attached hydrogen (secondary N) is 2. The molecule has 2 N–H and O–H groups in total. The highest BCUT2D eigenvalue weighted by Gasteiger charge is 2.13. The number of hydrogen-bond donors (Lipinski definition) is 2. The van der Waals surface area contributed by atoms with E-state index in [9.17, 15) is 9.59 Å². The standard InChI is InChI=1S/C20H20N2O2/c1-3-13-21-20(24)18(14-16-11-9-15(2)10-12-16)22-19(23)17-7-5-4-6-8-17/h3-12,14H,1,13H2,2H3,(H,21,24)(H,22,23)/b18-14-. The van der Waals surface area contributed by atoms with Crippen molar-refractivity contribution in [2.24, 2.45) is 0 Å². The van der Waals surface area contributed by atoms with Crippen molar-refractivity contribution in [3.63, 3.8) is 0 Å². The van der Waals surface area contributed by atoms with E-state index in [1.54, 1.807) is 36.4 Å². The van der Waals surface area contributed by atoms with Crippen molar-refractivity contribution >= 4 is 17.9 Å². The molecule has 0 aliphatic carbocycles. The van der Waals surface area contributed by atoms with Crippen molar-refractivity contribution in [3.05, 3.63) is 89.6 Å². The predicted octanol–water partition coefficient (Wildman–Crippen LogP) is 3.07. The van der Waals surface area contributed by atoms with Crippen LogP contribution in [0.2, 0.25) is 0 Å². The molecule has 0 aliphatic rings. The number of hydrogen-bond acceptors (Lipinski definition) is 2. The minimum Gasteiger partial charge on any atom is -0.347 e. The minimum atomic E-state index is -0.361. The molecule has 0 radical (unpaired) electrons. The summed E-state index contributed by atoms with van der Waals surface area (Å²) in [5, 5.41) is 5.36. The molecule has 0 atom stereocenters. The van der Waals surface area contributed by atoms with Gasteiger partial charge in [-0.2, -0.15) is 0 Å². The van der Waals surface area contributed by atoms with Crippen LogP contribution in [0.3, 0.4) is 0 Å². The topological polar surface area (TPSA) is 58.2 Å². The van der Waals surface area contributed by atoms with Crippen LogP contribution in [0.15, 0.2) is 72.9 Å². The molecule has 0 bridgehead atoms. The van der Waals surface area contributed by atoms with Gasteiger partial charge in [0.15, 0.2) is 0 Å². The van der Waals surface area contributed by atoms with Crippen molar-refractivity contribution in [2.75, 3.05) is 6.54 Å². The fraction of sp³-hybridized carbons (Fsp3) is 0.100. The summed E-state index contributed by atoms with van der Waals surface area (Å²) in [6.07, 6.45) is 3.24. The maximum atomic E-state index is 12.3.